The summed E-state index contributed by atoms with van der Waals surface area (Å²) < 4.78 is 12.9. The Labute approximate surface area is 195 Å². The molecule has 33 heavy (non-hydrogen) atoms. The molecule has 1 N–H and O–H groups in total. The van der Waals surface area contributed by atoms with Crippen molar-refractivity contribution in [2.24, 2.45) is 5.92 Å². The van der Waals surface area contributed by atoms with Gasteiger partial charge in [0.2, 0.25) is 0 Å². The second kappa shape index (κ2) is 7.76. The van der Waals surface area contributed by atoms with Crippen molar-refractivity contribution in [2.75, 3.05) is 20.2 Å². The van der Waals surface area contributed by atoms with E-state index in [1.807, 2.05) is 18.2 Å². The summed E-state index contributed by atoms with van der Waals surface area (Å²) >= 11 is 0. The Morgan fingerprint density at radius 1 is 1.27 bits per heavy atom. The summed E-state index contributed by atoms with van der Waals surface area (Å²) in [7, 11) is 2.22. The number of Topliss-reactive ketones (excluding diaryl/α,β-unsaturated/α-hetero) is 1. The highest BCUT2D eigenvalue weighted by molar-refractivity contribution is 5.89. The molecule has 0 aromatic heterocycles. The Bertz CT molecular complexity index is 1100. The molecule has 4 aliphatic rings. The maximum atomic E-state index is 13.1. The van der Waals surface area contributed by atoms with E-state index in [0.717, 1.165) is 61.1 Å². The van der Waals surface area contributed by atoms with E-state index < -0.39 is 6.10 Å². The van der Waals surface area contributed by atoms with Crippen molar-refractivity contribution in [3.05, 3.63) is 52.6 Å². The van der Waals surface area contributed by atoms with Gasteiger partial charge in [0.05, 0.1) is 6.61 Å². The third kappa shape index (κ3) is 2.91. The zero-order valence-electron chi connectivity index (χ0n) is 19.6. The fourth-order valence-corrected chi connectivity index (χ4v) is 7.15. The fraction of sp³-hybridized carbons (Fsp3) is 0.536. The van der Waals surface area contributed by atoms with E-state index in [9.17, 15) is 9.90 Å². The smallest absolute Gasteiger partial charge is 0.174 e. The van der Waals surface area contributed by atoms with E-state index in [-0.39, 0.29) is 16.9 Å². The molecule has 2 aliphatic carbocycles. The van der Waals surface area contributed by atoms with E-state index in [2.05, 4.69) is 31.0 Å². The highest BCUT2D eigenvalue weighted by atomic mass is 16.5. The SMILES string of the molecule is CCCCOc1c(Cc2ccccc2)c(O)c2c3c1C[C@@H]1[C@@H]4CCC(=O)[C@H](O2)[C@]34CCN1C. The van der Waals surface area contributed by atoms with Gasteiger partial charge in [0, 0.05) is 41.0 Å². The number of likely N-dealkylation sites (N-methyl/N-ethyl adjacent to an activating group) is 1. The molecule has 0 amide bonds. The molecular weight excluding hydrogens is 414 g/mol. The maximum Gasteiger partial charge on any atom is 0.174 e. The molecule has 2 aromatic carbocycles. The van der Waals surface area contributed by atoms with Gasteiger partial charge in [-0.3, -0.25) is 4.79 Å². The van der Waals surface area contributed by atoms with Crippen LogP contribution >= 0.6 is 0 Å². The van der Waals surface area contributed by atoms with Gasteiger partial charge >= 0.3 is 0 Å². The van der Waals surface area contributed by atoms with Gasteiger partial charge in [-0.1, -0.05) is 43.7 Å². The highest BCUT2D eigenvalue weighted by Crippen LogP contribution is 2.65. The van der Waals surface area contributed by atoms with Gasteiger partial charge in [-0.05, 0) is 50.8 Å². The van der Waals surface area contributed by atoms with Crippen LogP contribution in [0.4, 0.5) is 0 Å². The normalized spacial score (nSPS) is 29.5. The summed E-state index contributed by atoms with van der Waals surface area (Å²) in [6.07, 6.45) is 5.39. The summed E-state index contributed by atoms with van der Waals surface area (Å²) in [6.45, 7) is 3.74. The van der Waals surface area contributed by atoms with Crippen molar-refractivity contribution < 1.29 is 19.4 Å². The topological polar surface area (TPSA) is 59.0 Å². The first-order valence-electron chi connectivity index (χ1n) is 12.5. The lowest BCUT2D eigenvalue weighted by molar-refractivity contribution is -0.138. The minimum atomic E-state index is -0.470. The van der Waals surface area contributed by atoms with Crippen LogP contribution in [0.2, 0.25) is 0 Å². The van der Waals surface area contributed by atoms with Crippen LogP contribution in [0.5, 0.6) is 17.2 Å². The van der Waals surface area contributed by atoms with Crippen molar-refractivity contribution in [3.8, 4) is 17.2 Å². The number of aromatic hydroxyl groups is 1. The van der Waals surface area contributed by atoms with E-state index in [0.29, 0.717) is 37.2 Å². The van der Waals surface area contributed by atoms with Crippen molar-refractivity contribution in [3.63, 3.8) is 0 Å². The molecule has 2 bridgehead atoms. The highest BCUT2D eigenvalue weighted by Gasteiger charge is 2.66. The number of likely N-dealkylation sites (tertiary alicyclic amines) is 1. The molecule has 1 spiro atoms. The van der Waals surface area contributed by atoms with Crippen LogP contribution in [0.15, 0.2) is 30.3 Å². The van der Waals surface area contributed by atoms with Gasteiger partial charge in [-0.2, -0.15) is 0 Å². The first kappa shape index (κ1) is 21.0. The monoisotopic (exact) mass is 447 g/mol. The van der Waals surface area contributed by atoms with Crippen LogP contribution in [-0.2, 0) is 23.1 Å². The Balaban J connectivity index is 1.57. The van der Waals surface area contributed by atoms with Crippen molar-refractivity contribution in [1.82, 2.24) is 4.90 Å². The molecule has 5 heteroatoms. The molecule has 2 aromatic rings. The van der Waals surface area contributed by atoms with E-state index in [4.69, 9.17) is 9.47 Å². The molecule has 0 unspecified atom stereocenters. The Hall–Kier alpha value is -2.53. The summed E-state index contributed by atoms with van der Waals surface area (Å²) in [6, 6.07) is 10.6. The lowest BCUT2D eigenvalue weighted by Crippen LogP contribution is -2.65. The zero-order valence-corrected chi connectivity index (χ0v) is 19.6. The van der Waals surface area contributed by atoms with Gasteiger partial charge in [-0.25, -0.2) is 0 Å². The van der Waals surface area contributed by atoms with E-state index in [1.54, 1.807) is 0 Å². The molecule has 2 aliphatic heterocycles. The van der Waals surface area contributed by atoms with Crippen LogP contribution in [0.3, 0.4) is 0 Å². The molecule has 5 nitrogen and oxygen atoms in total. The van der Waals surface area contributed by atoms with Gasteiger partial charge < -0.3 is 19.5 Å². The number of phenols is 1. The third-order valence-electron chi connectivity index (χ3n) is 8.69. The second-order valence-corrected chi connectivity index (χ2v) is 10.4. The maximum absolute atomic E-state index is 13.1. The molecule has 6 rings (SSSR count). The number of hydrogen-bond donors (Lipinski definition) is 1. The van der Waals surface area contributed by atoms with Crippen LogP contribution in [0.25, 0.3) is 0 Å². The predicted molar refractivity (Wildman–Crippen MR) is 126 cm³/mol. The van der Waals surface area contributed by atoms with Crippen LogP contribution in [0.1, 0.15) is 61.3 Å². The molecule has 1 saturated carbocycles. The number of benzene rings is 2. The number of carbonyl (C=O) groups is 1. The molecule has 1 saturated heterocycles. The molecular formula is C28H33NO4. The summed E-state index contributed by atoms with van der Waals surface area (Å²) in [5.74, 6) is 2.15. The first-order chi connectivity index (χ1) is 16.1. The number of unbranched alkanes of at least 4 members (excludes halogenated alkanes) is 1. The standard InChI is InChI=1S/C28H33NO4/c1-3-4-14-32-25-18-16-21-20-10-11-22(30)27-28(20,12-13-29(21)2)23(18)26(33-27)24(31)19(25)15-17-8-6-5-7-9-17/h5-9,20-21,27,31H,3-4,10-16H2,1-2H3/t20-,21+,27-,28-/m0/s1. The number of ether oxygens (including phenoxy) is 2. The van der Waals surface area contributed by atoms with Crippen molar-refractivity contribution in [1.29, 1.82) is 0 Å². The molecule has 2 heterocycles. The molecule has 0 radical (unpaired) electrons. The van der Waals surface area contributed by atoms with Crippen LogP contribution < -0.4 is 9.47 Å². The Kier molecular flexibility index (Phi) is 4.95. The van der Waals surface area contributed by atoms with Crippen molar-refractivity contribution >= 4 is 5.78 Å². The number of nitrogens with zero attached hydrogens (tertiary/aromatic N) is 1. The van der Waals surface area contributed by atoms with Crippen LogP contribution in [-0.4, -0.2) is 48.1 Å². The number of ketones is 1. The molecule has 4 atom stereocenters. The molecule has 2 fully saturated rings. The Morgan fingerprint density at radius 2 is 2.09 bits per heavy atom. The fourth-order valence-electron chi connectivity index (χ4n) is 7.15. The summed E-state index contributed by atoms with van der Waals surface area (Å²) in [5.41, 5.74) is 3.87. The van der Waals surface area contributed by atoms with Gasteiger partial charge in [0.15, 0.2) is 23.4 Å². The van der Waals surface area contributed by atoms with Gasteiger partial charge in [0.25, 0.3) is 0 Å². The average Bonchev–Trinajstić information content (AvgIpc) is 3.17. The number of carbonyl (C=O) groups excluding carboxylic acids is 1. The summed E-state index contributed by atoms with van der Waals surface area (Å²) in [5, 5.41) is 11.6. The third-order valence-corrected chi connectivity index (χ3v) is 8.69. The first-order valence-corrected chi connectivity index (χ1v) is 12.5. The van der Waals surface area contributed by atoms with Crippen LogP contribution in [0, 0.1) is 5.92 Å². The largest absolute Gasteiger partial charge is 0.504 e. The summed E-state index contributed by atoms with van der Waals surface area (Å²) in [4.78, 5) is 15.6. The minimum absolute atomic E-state index is 0.178. The minimum Gasteiger partial charge on any atom is -0.504 e. The number of piperidine rings is 1. The predicted octanol–water partition coefficient (Wildman–Crippen LogP) is 4.40. The number of rotatable bonds is 6. The molecule has 174 valence electrons. The quantitative estimate of drug-likeness (QED) is 0.665. The number of hydrogen-bond acceptors (Lipinski definition) is 5. The van der Waals surface area contributed by atoms with E-state index >= 15 is 0 Å². The van der Waals surface area contributed by atoms with Crippen molar-refractivity contribution in [2.45, 2.75) is 69.4 Å². The van der Waals surface area contributed by atoms with Gasteiger partial charge in [-0.15, -0.1) is 0 Å². The lowest BCUT2D eigenvalue weighted by Gasteiger charge is -2.57. The van der Waals surface area contributed by atoms with Gasteiger partial charge in [0.1, 0.15) is 5.75 Å². The van der Waals surface area contributed by atoms with E-state index in [1.165, 1.54) is 5.56 Å². The average molecular weight is 448 g/mol. The number of phenolic OH excluding ortho intramolecular Hbond substituents is 1. The second-order valence-electron chi connectivity index (χ2n) is 10.4. The lowest BCUT2D eigenvalue weighted by atomic mass is 9.51. The zero-order chi connectivity index (χ0) is 22.7. The Morgan fingerprint density at radius 3 is 2.88 bits per heavy atom.